The standard InChI is InChI=1S/C34H41FN4O3/c1-34(2,36)21-11-16-31(40)38(4)30(22-24-17-19-26(20-18-24)25-12-7-6-8-13-25)33(42)39(5)29(32(41)37-3)23-27-14-9-10-15-28(27)35/h6-20,29-30H,21-23,36H2,1-5H3,(H,37,41)/b16-11+/t29-,30-/m1/s1. The van der Waals surface area contributed by atoms with Gasteiger partial charge in [-0.2, -0.15) is 0 Å². The van der Waals surface area contributed by atoms with Gasteiger partial charge in [0.25, 0.3) is 0 Å². The van der Waals surface area contributed by atoms with E-state index < -0.39 is 35.3 Å². The molecular weight excluding hydrogens is 531 g/mol. The normalized spacial score (nSPS) is 12.9. The van der Waals surface area contributed by atoms with Crippen LogP contribution in [0.5, 0.6) is 0 Å². The number of rotatable bonds is 12. The number of carbonyl (C=O) groups excluding carboxylic acids is 3. The van der Waals surface area contributed by atoms with E-state index in [0.717, 1.165) is 16.7 Å². The minimum absolute atomic E-state index is 0.0176. The Balaban J connectivity index is 1.92. The lowest BCUT2D eigenvalue weighted by molar-refractivity contribution is -0.146. The fraction of sp³-hybridized carbons (Fsp3) is 0.324. The summed E-state index contributed by atoms with van der Waals surface area (Å²) < 4.78 is 14.5. The van der Waals surface area contributed by atoms with Crippen molar-refractivity contribution in [3.8, 4) is 11.1 Å². The molecule has 0 aromatic heterocycles. The molecule has 3 aromatic carbocycles. The predicted octanol–water partition coefficient (Wildman–Crippen LogP) is 4.36. The van der Waals surface area contributed by atoms with Gasteiger partial charge in [-0.15, -0.1) is 0 Å². The maximum atomic E-state index is 14.5. The highest BCUT2D eigenvalue weighted by atomic mass is 19.1. The Morgan fingerprint density at radius 2 is 1.45 bits per heavy atom. The van der Waals surface area contributed by atoms with Crippen LogP contribution in [-0.4, -0.2) is 66.3 Å². The van der Waals surface area contributed by atoms with Crippen LogP contribution in [0.15, 0.2) is 91.0 Å². The second-order valence-electron chi connectivity index (χ2n) is 11.2. The Labute approximate surface area is 248 Å². The zero-order valence-electron chi connectivity index (χ0n) is 25.0. The van der Waals surface area contributed by atoms with Crippen molar-refractivity contribution in [2.75, 3.05) is 21.1 Å². The van der Waals surface area contributed by atoms with Gasteiger partial charge in [0, 0.05) is 39.5 Å². The number of hydrogen-bond donors (Lipinski definition) is 2. The second kappa shape index (κ2) is 14.5. The summed E-state index contributed by atoms with van der Waals surface area (Å²) in [5, 5.41) is 2.59. The highest BCUT2D eigenvalue weighted by molar-refractivity contribution is 5.95. The largest absolute Gasteiger partial charge is 0.357 e. The summed E-state index contributed by atoms with van der Waals surface area (Å²) in [6.45, 7) is 3.72. The third kappa shape index (κ3) is 8.85. The number of benzene rings is 3. The lowest BCUT2D eigenvalue weighted by Crippen LogP contribution is -2.55. The minimum Gasteiger partial charge on any atom is -0.357 e. The first-order chi connectivity index (χ1) is 19.9. The van der Waals surface area contributed by atoms with Crippen LogP contribution in [0.4, 0.5) is 4.39 Å². The highest BCUT2D eigenvalue weighted by Crippen LogP contribution is 2.22. The molecule has 3 amide bonds. The molecule has 0 radical (unpaired) electrons. The van der Waals surface area contributed by atoms with Gasteiger partial charge in [-0.3, -0.25) is 14.4 Å². The van der Waals surface area contributed by atoms with Crippen molar-refractivity contribution in [1.82, 2.24) is 15.1 Å². The van der Waals surface area contributed by atoms with Gasteiger partial charge in [-0.25, -0.2) is 4.39 Å². The fourth-order valence-corrected chi connectivity index (χ4v) is 4.64. The average molecular weight is 573 g/mol. The van der Waals surface area contributed by atoms with Gasteiger partial charge in [0.2, 0.25) is 17.7 Å². The monoisotopic (exact) mass is 572 g/mol. The zero-order valence-corrected chi connectivity index (χ0v) is 25.0. The van der Waals surface area contributed by atoms with Crippen molar-refractivity contribution in [2.45, 2.75) is 50.7 Å². The molecular formula is C34H41FN4O3. The van der Waals surface area contributed by atoms with Gasteiger partial charge in [-0.05, 0) is 54.7 Å². The van der Waals surface area contributed by atoms with Crippen LogP contribution in [-0.2, 0) is 27.2 Å². The summed E-state index contributed by atoms with van der Waals surface area (Å²) in [5.41, 5.74) is 8.82. The van der Waals surface area contributed by atoms with E-state index in [0.29, 0.717) is 12.0 Å². The molecule has 0 unspecified atom stereocenters. The maximum absolute atomic E-state index is 14.5. The van der Waals surface area contributed by atoms with E-state index in [4.69, 9.17) is 5.73 Å². The number of carbonyl (C=O) groups is 3. The molecule has 2 atom stereocenters. The Hall–Kier alpha value is -4.30. The molecule has 7 nitrogen and oxygen atoms in total. The Morgan fingerprint density at radius 1 is 0.857 bits per heavy atom. The molecule has 3 N–H and O–H groups in total. The topological polar surface area (TPSA) is 95.7 Å². The molecule has 0 aliphatic rings. The second-order valence-corrected chi connectivity index (χ2v) is 11.2. The van der Waals surface area contributed by atoms with Gasteiger partial charge in [-0.1, -0.05) is 78.9 Å². The van der Waals surface area contributed by atoms with Gasteiger partial charge in [0.05, 0.1) is 0 Å². The number of likely N-dealkylation sites (N-methyl/N-ethyl adjacent to an activating group) is 3. The number of amides is 3. The lowest BCUT2D eigenvalue weighted by atomic mass is 9.98. The molecule has 42 heavy (non-hydrogen) atoms. The first-order valence-electron chi connectivity index (χ1n) is 14.0. The maximum Gasteiger partial charge on any atom is 0.246 e. The van der Waals surface area contributed by atoms with Gasteiger partial charge >= 0.3 is 0 Å². The predicted molar refractivity (Wildman–Crippen MR) is 165 cm³/mol. The Morgan fingerprint density at radius 3 is 2.05 bits per heavy atom. The van der Waals surface area contributed by atoms with Crippen LogP contribution in [0.2, 0.25) is 0 Å². The third-order valence-corrected chi connectivity index (χ3v) is 7.23. The lowest BCUT2D eigenvalue weighted by Gasteiger charge is -2.34. The summed E-state index contributed by atoms with van der Waals surface area (Å²) in [6, 6.07) is 22.0. The van der Waals surface area contributed by atoms with Crippen molar-refractivity contribution in [3.05, 3.63) is 108 Å². The summed E-state index contributed by atoms with van der Waals surface area (Å²) in [6.07, 6.45) is 3.80. The summed E-state index contributed by atoms with van der Waals surface area (Å²) in [4.78, 5) is 42.9. The van der Waals surface area contributed by atoms with Crippen LogP contribution < -0.4 is 11.1 Å². The number of nitrogens with zero attached hydrogens (tertiary/aromatic N) is 2. The van der Waals surface area contributed by atoms with E-state index in [2.05, 4.69) is 5.32 Å². The molecule has 8 heteroatoms. The van der Waals surface area contributed by atoms with Crippen LogP contribution in [0.1, 0.15) is 31.4 Å². The molecule has 0 aliphatic carbocycles. The zero-order chi connectivity index (χ0) is 30.9. The van der Waals surface area contributed by atoms with E-state index in [1.165, 1.54) is 36.0 Å². The van der Waals surface area contributed by atoms with Gasteiger partial charge in [0.15, 0.2) is 0 Å². The van der Waals surface area contributed by atoms with Crippen molar-refractivity contribution in [1.29, 1.82) is 0 Å². The molecule has 0 saturated heterocycles. The SMILES string of the molecule is CNC(=O)[C@@H](Cc1ccccc1F)N(C)C(=O)[C@@H](Cc1ccc(-c2ccccc2)cc1)N(C)C(=O)/C=C/CC(C)(C)N. The molecule has 0 spiro atoms. The van der Waals surface area contributed by atoms with E-state index >= 15 is 0 Å². The van der Waals surface area contributed by atoms with E-state index in [-0.39, 0.29) is 18.7 Å². The number of halogens is 1. The molecule has 0 heterocycles. The van der Waals surface area contributed by atoms with Crippen LogP contribution in [0, 0.1) is 5.82 Å². The number of hydrogen-bond acceptors (Lipinski definition) is 4. The van der Waals surface area contributed by atoms with E-state index in [1.807, 2.05) is 68.4 Å². The van der Waals surface area contributed by atoms with Gasteiger partial charge in [0.1, 0.15) is 17.9 Å². The van der Waals surface area contributed by atoms with Crippen LogP contribution in [0.25, 0.3) is 11.1 Å². The summed E-state index contributed by atoms with van der Waals surface area (Å²) in [7, 11) is 4.56. The molecule has 0 saturated carbocycles. The van der Waals surface area contributed by atoms with Crippen LogP contribution >= 0.6 is 0 Å². The fourth-order valence-electron chi connectivity index (χ4n) is 4.64. The van der Waals surface area contributed by atoms with Crippen molar-refractivity contribution < 1.29 is 18.8 Å². The minimum atomic E-state index is -0.987. The Kier molecular flexibility index (Phi) is 11.2. The molecule has 222 valence electrons. The van der Waals surface area contributed by atoms with E-state index in [1.54, 1.807) is 31.3 Å². The van der Waals surface area contributed by atoms with Crippen LogP contribution in [0.3, 0.4) is 0 Å². The Bertz CT molecular complexity index is 1380. The first-order valence-corrected chi connectivity index (χ1v) is 14.0. The molecule has 3 rings (SSSR count). The first kappa shape index (κ1) is 32.2. The third-order valence-electron chi connectivity index (χ3n) is 7.23. The highest BCUT2D eigenvalue weighted by Gasteiger charge is 2.34. The average Bonchev–Trinajstić information content (AvgIpc) is 2.98. The van der Waals surface area contributed by atoms with Crippen molar-refractivity contribution in [3.63, 3.8) is 0 Å². The van der Waals surface area contributed by atoms with Gasteiger partial charge < -0.3 is 20.9 Å². The molecule has 0 aliphatic heterocycles. The summed E-state index contributed by atoms with van der Waals surface area (Å²) in [5.74, 6) is -1.69. The number of nitrogens with two attached hydrogens (primary N) is 1. The molecule has 0 bridgehead atoms. The smallest absolute Gasteiger partial charge is 0.246 e. The quantitative estimate of drug-likeness (QED) is 0.315. The number of nitrogens with one attached hydrogen (secondary N) is 1. The molecule has 3 aromatic rings. The molecule has 0 fully saturated rings. The van der Waals surface area contributed by atoms with E-state index in [9.17, 15) is 18.8 Å². The summed E-state index contributed by atoms with van der Waals surface area (Å²) >= 11 is 0. The van der Waals surface area contributed by atoms with Crippen molar-refractivity contribution in [2.24, 2.45) is 5.73 Å². The van der Waals surface area contributed by atoms with Crippen molar-refractivity contribution >= 4 is 17.7 Å².